The first kappa shape index (κ1) is 12.4. The largest absolute Gasteiger partial charge is 0.458 e. The Morgan fingerprint density at radius 3 is 2.78 bits per heavy atom. The van der Waals surface area contributed by atoms with E-state index in [0.717, 1.165) is 0 Å². The van der Waals surface area contributed by atoms with Gasteiger partial charge in [0, 0.05) is 0 Å². The summed E-state index contributed by atoms with van der Waals surface area (Å²) in [5.41, 5.74) is 0.191. The van der Waals surface area contributed by atoms with Gasteiger partial charge in [0.05, 0.1) is 11.5 Å². The summed E-state index contributed by atoms with van der Waals surface area (Å²) in [5, 5.41) is 21.4. The van der Waals surface area contributed by atoms with Crippen LogP contribution in [0.1, 0.15) is 18.6 Å². The van der Waals surface area contributed by atoms with Crippen LogP contribution in [-0.2, 0) is 14.4 Å². The van der Waals surface area contributed by atoms with E-state index >= 15 is 0 Å². The highest BCUT2D eigenvalue weighted by Crippen LogP contribution is 2.27. The lowest BCUT2D eigenvalue weighted by atomic mass is 10.0. The van der Waals surface area contributed by atoms with Gasteiger partial charge in [0.1, 0.15) is 6.10 Å². The molecule has 2 atom stereocenters. The van der Waals surface area contributed by atoms with Gasteiger partial charge in [0.25, 0.3) is 0 Å². The Balaban J connectivity index is 2.21. The van der Waals surface area contributed by atoms with Crippen LogP contribution in [0, 0.1) is 5.21 Å². The summed E-state index contributed by atoms with van der Waals surface area (Å²) in [4.78, 5) is 16.5. The molecule has 1 aromatic rings. The molecule has 0 bridgehead atoms. The van der Waals surface area contributed by atoms with Gasteiger partial charge in [-0.15, -0.1) is 0 Å². The Morgan fingerprint density at radius 2 is 2.17 bits per heavy atom. The quantitative estimate of drug-likeness (QED) is 0.626. The zero-order valence-electron chi connectivity index (χ0n) is 9.78. The second kappa shape index (κ2) is 5.05. The van der Waals surface area contributed by atoms with Crippen LogP contribution in [-0.4, -0.2) is 34.4 Å². The predicted molar refractivity (Wildman–Crippen MR) is 61.5 cm³/mol. The summed E-state index contributed by atoms with van der Waals surface area (Å²) in [6, 6.07) is 8.72. The van der Waals surface area contributed by atoms with Crippen molar-refractivity contribution in [2.45, 2.75) is 19.1 Å². The van der Waals surface area contributed by atoms with Gasteiger partial charge in [0.2, 0.25) is 0 Å². The normalized spacial score (nSPS) is 22.8. The molecule has 0 saturated carbocycles. The van der Waals surface area contributed by atoms with E-state index in [2.05, 4.69) is 0 Å². The molecule has 0 radical (unpaired) electrons. The average Bonchev–Trinajstić information content (AvgIpc) is 2.66. The Labute approximate surface area is 104 Å². The number of esters is 1. The molecule has 18 heavy (non-hydrogen) atoms. The maximum atomic E-state index is 11.5. The summed E-state index contributed by atoms with van der Waals surface area (Å²) in [6.07, 6.45) is -2.22. The number of nitrogens with zero attached hydrogens (tertiary/aromatic N) is 1. The monoisotopic (exact) mass is 251 g/mol. The van der Waals surface area contributed by atoms with Gasteiger partial charge < -0.3 is 14.7 Å². The van der Waals surface area contributed by atoms with Gasteiger partial charge in [-0.1, -0.05) is 30.3 Å². The number of aliphatic hydroxyl groups excluding tert-OH is 1. The van der Waals surface area contributed by atoms with Crippen molar-refractivity contribution in [1.82, 2.24) is 0 Å². The van der Waals surface area contributed by atoms with E-state index in [1.54, 1.807) is 37.3 Å². The van der Waals surface area contributed by atoms with Gasteiger partial charge in [-0.25, -0.2) is 4.79 Å². The molecule has 6 nitrogen and oxygen atoms in total. The third-order valence-corrected chi connectivity index (χ3v) is 2.59. The van der Waals surface area contributed by atoms with Crippen LogP contribution >= 0.6 is 0 Å². The van der Waals surface area contributed by atoms with Crippen molar-refractivity contribution in [2.75, 3.05) is 6.61 Å². The minimum absolute atomic E-state index is 0.0281. The average molecular weight is 251 g/mol. The number of hydrogen-bond acceptors (Lipinski definition) is 5. The van der Waals surface area contributed by atoms with E-state index in [1.165, 1.54) is 0 Å². The molecular formula is C12H13NO5. The molecule has 96 valence electrons. The summed E-state index contributed by atoms with van der Waals surface area (Å²) in [5.74, 6) is -0.863. The molecule has 1 heterocycles. The smallest absolute Gasteiger partial charge is 0.408 e. The zero-order chi connectivity index (χ0) is 13.1. The molecule has 0 aliphatic carbocycles. The molecule has 1 N–H and O–H groups in total. The molecular weight excluding hydrogens is 238 g/mol. The van der Waals surface area contributed by atoms with Gasteiger partial charge >= 0.3 is 11.7 Å². The number of carbonyl (C=O) groups is 1. The first-order valence-electron chi connectivity index (χ1n) is 5.56. The van der Waals surface area contributed by atoms with Crippen LogP contribution in [0.3, 0.4) is 0 Å². The minimum Gasteiger partial charge on any atom is -0.458 e. The lowest BCUT2D eigenvalue weighted by Crippen LogP contribution is -2.32. The Morgan fingerprint density at radius 1 is 1.50 bits per heavy atom. The van der Waals surface area contributed by atoms with E-state index in [1.807, 2.05) is 0 Å². The highest BCUT2D eigenvalue weighted by molar-refractivity contribution is 6.36. The number of rotatable bonds is 3. The topological polar surface area (TPSA) is 81.8 Å². The molecule has 6 heteroatoms. The van der Waals surface area contributed by atoms with E-state index in [4.69, 9.17) is 9.57 Å². The van der Waals surface area contributed by atoms with Crippen molar-refractivity contribution in [3.63, 3.8) is 0 Å². The maximum Gasteiger partial charge on any atom is 0.408 e. The number of benzene rings is 1. The van der Waals surface area contributed by atoms with Crippen LogP contribution in [0.5, 0.6) is 0 Å². The fourth-order valence-corrected chi connectivity index (χ4v) is 1.76. The molecule has 1 aliphatic heterocycles. The second-order valence-corrected chi connectivity index (χ2v) is 3.74. The van der Waals surface area contributed by atoms with Crippen LogP contribution < -0.4 is 0 Å². The van der Waals surface area contributed by atoms with Crippen molar-refractivity contribution < 1.29 is 24.4 Å². The van der Waals surface area contributed by atoms with Crippen LogP contribution in [0.15, 0.2) is 30.3 Å². The molecule has 0 fully saturated rings. The van der Waals surface area contributed by atoms with Crippen LogP contribution in [0.4, 0.5) is 0 Å². The number of ether oxygens (including phenoxy) is 1. The number of carbonyl (C=O) groups excluding carboxylic acids is 1. The second-order valence-electron chi connectivity index (χ2n) is 3.74. The summed E-state index contributed by atoms with van der Waals surface area (Å²) in [6.45, 7) is 1.74. The fourth-order valence-electron chi connectivity index (χ4n) is 1.76. The molecule has 1 aliphatic rings. The number of aliphatic hydroxyl groups is 1. The molecule has 0 unspecified atom stereocenters. The highest BCUT2D eigenvalue weighted by atomic mass is 16.9. The van der Waals surface area contributed by atoms with Crippen molar-refractivity contribution in [1.29, 1.82) is 0 Å². The molecule has 1 aromatic carbocycles. The minimum atomic E-state index is -1.33. The first-order chi connectivity index (χ1) is 8.65. The first-order valence-corrected chi connectivity index (χ1v) is 5.56. The predicted octanol–water partition coefficient (Wildman–Crippen LogP) is 0.548. The van der Waals surface area contributed by atoms with Gasteiger partial charge in [0.15, 0.2) is 6.10 Å². The van der Waals surface area contributed by atoms with Crippen molar-refractivity contribution in [3.05, 3.63) is 41.1 Å². The third-order valence-electron chi connectivity index (χ3n) is 2.59. The molecule has 0 aromatic heterocycles. The fraction of sp³-hybridized carbons (Fsp3) is 0.333. The third kappa shape index (κ3) is 2.14. The van der Waals surface area contributed by atoms with Gasteiger partial charge in [-0.05, 0) is 12.5 Å². The van der Waals surface area contributed by atoms with E-state index in [9.17, 15) is 15.1 Å². The molecule has 0 saturated heterocycles. The lowest BCUT2D eigenvalue weighted by Gasteiger charge is -2.14. The van der Waals surface area contributed by atoms with E-state index in [-0.39, 0.29) is 11.5 Å². The zero-order valence-corrected chi connectivity index (χ0v) is 9.78. The Kier molecular flexibility index (Phi) is 3.47. The molecule has 0 amide bonds. The standard InChI is InChI=1S/C12H13NO5/c1-2-17-12(15)9-10(14)11(18-13(9)16)8-6-4-3-5-7-8/h3-7,10-11,14H,2H2,1H3/t10-,11-/m1/s1. The summed E-state index contributed by atoms with van der Waals surface area (Å²) in [7, 11) is 0. The lowest BCUT2D eigenvalue weighted by molar-refractivity contribution is -0.742. The van der Waals surface area contributed by atoms with E-state index in [0.29, 0.717) is 5.56 Å². The SMILES string of the molecule is CCOC(=O)C1=[N+]([O-])O[C@H](c2ccccc2)[C@@H]1O. The maximum absolute atomic E-state index is 11.5. The summed E-state index contributed by atoms with van der Waals surface area (Å²) < 4.78 is 4.69. The molecule has 0 spiro atoms. The van der Waals surface area contributed by atoms with Crippen molar-refractivity contribution in [3.8, 4) is 0 Å². The van der Waals surface area contributed by atoms with Crippen molar-refractivity contribution >= 4 is 11.7 Å². The van der Waals surface area contributed by atoms with Gasteiger partial charge in [-0.2, -0.15) is 0 Å². The Bertz CT molecular complexity index is 471. The van der Waals surface area contributed by atoms with Crippen LogP contribution in [0.2, 0.25) is 0 Å². The highest BCUT2D eigenvalue weighted by Gasteiger charge is 2.45. The summed E-state index contributed by atoms with van der Waals surface area (Å²) >= 11 is 0. The van der Waals surface area contributed by atoms with Gasteiger partial charge in [-0.3, -0.25) is 5.21 Å². The molecule has 2 rings (SSSR count). The van der Waals surface area contributed by atoms with Crippen LogP contribution in [0.25, 0.3) is 0 Å². The van der Waals surface area contributed by atoms with Crippen molar-refractivity contribution in [2.24, 2.45) is 0 Å². The Hall–Kier alpha value is -2.08. The van der Waals surface area contributed by atoms with E-state index < -0.39 is 23.9 Å². The number of hydrogen-bond donors (Lipinski definition) is 1.